The summed E-state index contributed by atoms with van der Waals surface area (Å²) in [5.41, 5.74) is 0. The van der Waals surface area contributed by atoms with Crippen LogP contribution in [0.2, 0.25) is 0 Å². The fourth-order valence-electron chi connectivity index (χ4n) is 2.28. The van der Waals surface area contributed by atoms with Crippen molar-refractivity contribution in [3.05, 3.63) is 0 Å². The van der Waals surface area contributed by atoms with Crippen molar-refractivity contribution >= 4 is 5.91 Å². The molecule has 0 aromatic heterocycles. The summed E-state index contributed by atoms with van der Waals surface area (Å²) in [6, 6.07) is 0. The van der Waals surface area contributed by atoms with Crippen molar-refractivity contribution in [1.29, 1.82) is 0 Å². The zero-order valence-electron chi connectivity index (χ0n) is 10.5. The van der Waals surface area contributed by atoms with Crippen LogP contribution >= 0.6 is 0 Å². The van der Waals surface area contributed by atoms with Crippen LogP contribution in [0.4, 0.5) is 0 Å². The highest BCUT2D eigenvalue weighted by Crippen LogP contribution is 2.25. The van der Waals surface area contributed by atoms with Gasteiger partial charge in [-0.05, 0) is 24.7 Å². The van der Waals surface area contributed by atoms with Crippen LogP contribution in [-0.2, 0) is 4.79 Å². The summed E-state index contributed by atoms with van der Waals surface area (Å²) < 4.78 is 0. The molecule has 0 saturated heterocycles. The second-order valence-corrected chi connectivity index (χ2v) is 5.14. The molecule has 2 heteroatoms. The van der Waals surface area contributed by atoms with Gasteiger partial charge in [-0.2, -0.15) is 0 Å². The summed E-state index contributed by atoms with van der Waals surface area (Å²) in [7, 11) is 1.96. The highest BCUT2D eigenvalue weighted by Gasteiger charge is 2.19. The highest BCUT2D eigenvalue weighted by atomic mass is 16.2. The van der Waals surface area contributed by atoms with E-state index in [4.69, 9.17) is 0 Å². The molecule has 1 fully saturated rings. The lowest BCUT2D eigenvalue weighted by Crippen LogP contribution is -2.32. The fourth-order valence-corrected chi connectivity index (χ4v) is 2.28. The molecule has 0 N–H and O–H groups in total. The van der Waals surface area contributed by atoms with Crippen LogP contribution in [0.5, 0.6) is 0 Å². The maximum Gasteiger partial charge on any atom is 0.222 e. The Labute approximate surface area is 94.0 Å². The third-order valence-electron chi connectivity index (χ3n) is 3.65. The van der Waals surface area contributed by atoms with Gasteiger partial charge in [0.25, 0.3) is 0 Å². The molecule has 1 rings (SSSR count). The van der Waals surface area contributed by atoms with Gasteiger partial charge >= 0.3 is 0 Å². The third kappa shape index (κ3) is 4.23. The molecule has 1 saturated carbocycles. The average Bonchev–Trinajstić information content (AvgIpc) is 2.70. The van der Waals surface area contributed by atoms with Gasteiger partial charge in [-0.3, -0.25) is 4.79 Å². The summed E-state index contributed by atoms with van der Waals surface area (Å²) in [5, 5.41) is 0. The predicted octanol–water partition coefficient (Wildman–Crippen LogP) is 3.07. The van der Waals surface area contributed by atoms with Gasteiger partial charge in [-0.25, -0.2) is 0 Å². The van der Waals surface area contributed by atoms with Gasteiger partial charge < -0.3 is 4.90 Å². The summed E-state index contributed by atoms with van der Waals surface area (Å²) in [5.74, 6) is 1.63. The molecular weight excluding hydrogens is 186 g/mol. The van der Waals surface area contributed by atoms with E-state index < -0.39 is 0 Å². The fraction of sp³-hybridized carbons (Fsp3) is 0.923. The summed E-state index contributed by atoms with van der Waals surface area (Å²) >= 11 is 0. The minimum absolute atomic E-state index is 0.330. The topological polar surface area (TPSA) is 20.3 Å². The highest BCUT2D eigenvalue weighted by molar-refractivity contribution is 5.76. The van der Waals surface area contributed by atoms with Crippen molar-refractivity contribution < 1.29 is 4.79 Å². The Balaban J connectivity index is 2.25. The van der Waals surface area contributed by atoms with Crippen LogP contribution in [0.15, 0.2) is 0 Å². The van der Waals surface area contributed by atoms with Gasteiger partial charge in [-0.1, -0.05) is 33.1 Å². The lowest BCUT2D eigenvalue weighted by molar-refractivity contribution is -0.131. The maximum atomic E-state index is 11.8. The number of rotatable bonds is 5. The largest absolute Gasteiger partial charge is 0.345 e. The lowest BCUT2D eigenvalue weighted by atomic mass is 10.0. The number of hydrogen-bond donors (Lipinski definition) is 0. The van der Waals surface area contributed by atoms with E-state index in [0.717, 1.165) is 25.3 Å². The molecule has 0 spiro atoms. The Kier molecular flexibility index (Phi) is 5.13. The standard InChI is InChI=1S/C13H25NO/c1-4-11(2)9-13(15)14(3)10-12-7-5-6-8-12/h11-12H,4-10H2,1-3H3. The molecule has 1 unspecified atom stereocenters. The van der Waals surface area contributed by atoms with Gasteiger partial charge in [0, 0.05) is 20.0 Å². The van der Waals surface area contributed by atoms with E-state index in [0.29, 0.717) is 11.8 Å². The first kappa shape index (κ1) is 12.5. The van der Waals surface area contributed by atoms with Gasteiger partial charge in [-0.15, -0.1) is 0 Å². The van der Waals surface area contributed by atoms with E-state index in [1.807, 2.05) is 11.9 Å². The van der Waals surface area contributed by atoms with E-state index in [1.165, 1.54) is 25.7 Å². The third-order valence-corrected chi connectivity index (χ3v) is 3.65. The number of nitrogens with zero attached hydrogens (tertiary/aromatic N) is 1. The lowest BCUT2D eigenvalue weighted by Gasteiger charge is -2.22. The zero-order valence-corrected chi connectivity index (χ0v) is 10.5. The predicted molar refractivity (Wildman–Crippen MR) is 63.7 cm³/mol. The van der Waals surface area contributed by atoms with Gasteiger partial charge in [0.1, 0.15) is 0 Å². The van der Waals surface area contributed by atoms with Crippen LogP contribution in [0.1, 0.15) is 52.4 Å². The Bertz CT molecular complexity index is 197. The first-order valence-corrected chi connectivity index (χ1v) is 6.37. The molecule has 0 heterocycles. The Hall–Kier alpha value is -0.530. The molecule has 0 bridgehead atoms. The quantitative estimate of drug-likeness (QED) is 0.684. The molecule has 15 heavy (non-hydrogen) atoms. The van der Waals surface area contributed by atoms with E-state index in [-0.39, 0.29) is 0 Å². The molecule has 1 aliphatic rings. The van der Waals surface area contributed by atoms with Gasteiger partial charge in [0.2, 0.25) is 5.91 Å². The number of amides is 1. The van der Waals surface area contributed by atoms with E-state index in [9.17, 15) is 4.79 Å². The van der Waals surface area contributed by atoms with E-state index in [1.54, 1.807) is 0 Å². The van der Waals surface area contributed by atoms with Crippen molar-refractivity contribution in [1.82, 2.24) is 4.90 Å². The zero-order chi connectivity index (χ0) is 11.3. The van der Waals surface area contributed by atoms with Crippen LogP contribution in [0.3, 0.4) is 0 Å². The van der Waals surface area contributed by atoms with Crippen molar-refractivity contribution in [2.24, 2.45) is 11.8 Å². The van der Waals surface area contributed by atoms with Crippen molar-refractivity contribution in [3.8, 4) is 0 Å². The second kappa shape index (κ2) is 6.14. The van der Waals surface area contributed by atoms with E-state index >= 15 is 0 Å². The molecule has 0 aromatic carbocycles. The van der Waals surface area contributed by atoms with Crippen LogP contribution in [0, 0.1) is 11.8 Å². The maximum absolute atomic E-state index is 11.8. The smallest absolute Gasteiger partial charge is 0.222 e. The van der Waals surface area contributed by atoms with E-state index in [2.05, 4.69) is 13.8 Å². The average molecular weight is 211 g/mol. The minimum Gasteiger partial charge on any atom is -0.345 e. The summed E-state index contributed by atoms with van der Waals surface area (Å²) in [6.45, 7) is 5.28. The molecule has 2 nitrogen and oxygen atoms in total. The number of carbonyl (C=O) groups is 1. The molecule has 0 radical (unpaired) electrons. The molecule has 1 atom stereocenters. The van der Waals surface area contributed by atoms with Crippen LogP contribution in [0.25, 0.3) is 0 Å². The van der Waals surface area contributed by atoms with Crippen molar-refractivity contribution in [3.63, 3.8) is 0 Å². The normalized spacial score (nSPS) is 19.1. The molecule has 1 amide bonds. The number of carbonyl (C=O) groups excluding carboxylic acids is 1. The van der Waals surface area contributed by atoms with Crippen LogP contribution in [-0.4, -0.2) is 24.4 Å². The first-order valence-electron chi connectivity index (χ1n) is 6.37. The van der Waals surface area contributed by atoms with Crippen LogP contribution < -0.4 is 0 Å². The number of hydrogen-bond acceptors (Lipinski definition) is 1. The molecule has 88 valence electrons. The van der Waals surface area contributed by atoms with Gasteiger partial charge in [0.15, 0.2) is 0 Å². The summed E-state index contributed by atoms with van der Waals surface area (Å²) in [6.07, 6.45) is 7.18. The monoisotopic (exact) mass is 211 g/mol. The second-order valence-electron chi connectivity index (χ2n) is 5.14. The Morgan fingerprint density at radius 2 is 2.00 bits per heavy atom. The molecule has 0 aliphatic heterocycles. The minimum atomic E-state index is 0.330. The Morgan fingerprint density at radius 1 is 1.40 bits per heavy atom. The molecule has 0 aromatic rings. The van der Waals surface area contributed by atoms with Crippen molar-refractivity contribution in [2.75, 3.05) is 13.6 Å². The molecule has 1 aliphatic carbocycles. The SMILES string of the molecule is CCC(C)CC(=O)N(C)CC1CCCC1. The summed E-state index contributed by atoms with van der Waals surface area (Å²) in [4.78, 5) is 13.8. The molecular formula is C13H25NO. The first-order chi connectivity index (χ1) is 7.13. The van der Waals surface area contributed by atoms with Crippen molar-refractivity contribution in [2.45, 2.75) is 52.4 Å². The Morgan fingerprint density at radius 3 is 2.53 bits per heavy atom. The van der Waals surface area contributed by atoms with Gasteiger partial charge in [0.05, 0.1) is 0 Å².